The summed E-state index contributed by atoms with van der Waals surface area (Å²) in [6.07, 6.45) is 6.81. The van der Waals surface area contributed by atoms with Crippen molar-refractivity contribution in [3.63, 3.8) is 0 Å². The Labute approximate surface area is 99.2 Å². The molecule has 1 aliphatic rings. The van der Waals surface area contributed by atoms with Crippen LogP contribution in [0.5, 0.6) is 0 Å². The molecule has 0 aromatic carbocycles. The Balaban J connectivity index is 2.50. The van der Waals surface area contributed by atoms with Crippen molar-refractivity contribution in [3.05, 3.63) is 0 Å². The van der Waals surface area contributed by atoms with Crippen molar-refractivity contribution in [2.75, 3.05) is 18.1 Å². The zero-order chi connectivity index (χ0) is 12.1. The third kappa shape index (κ3) is 4.06. The van der Waals surface area contributed by atoms with Gasteiger partial charge in [0.25, 0.3) is 0 Å². The molecular formula is C12H24O3S. The van der Waals surface area contributed by atoms with Gasteiger partial charge in [0.15, 0.2) is 0 Å². The summed E-state index contributed by atoms with van der Waals surface area (Å²) in [6.45, 7) is 2.04. The number of aliphatic hydroxyl groups is 1. The highest BCUT2D eigenvalue weighted by Crippen LogP contribution is 2.39. The summed E-state index contributed by atoms with van der Waals surface area (Å²) in [5.41, 5.74) is -0.0982. The highest BCUT2D eigenvalue weighted by molar-refractivity contribution is 7.91. The van der Waals surface area contributed by atoms with Gasteiger partial charge in [0.1, 0.15) is 9.84 Å². The van der Waals surface area contributed by atoms with Gasteiger partial charge in [0.05, 0.1) is 5.75 Å². The van der Waals surface area contributed by atoms with Crippen molar-refractivity contribution in [1.82, 2.24) is 0 Å². The quantitative estimate of drug-likeness (QED) is 0.783. The predicted octanol–water partition coefficient (Wildman–Crippen LogP) is 2.14. The summed E-state index contributed by atoms with van der Waals surface area (Å²) in [4.78, 5) is 0. The summed E-state index contributed by atoms with van der Waals surface area (Å²) in [5, 5.41) is 9.47. The Kier molecular flexibility index (Phi) is 5.25. The molecule has 0 aromatic heterocycles. The highest BCUT2D eigenvalue weighted by atomic mass is 32.2. The van der Waals surface area contributed by atoms with E-state index in [9.17, 15) is 13.5 Å². The van der Waals surface area contributed by atoms with Crippen LogP contribution in [-0.4, -0.2) is 31.6 Å². The first-order valence-corrected chi connectivity index (χ1v) is 8.17. The van der Waals surface area contributed by atoms with Crippen molar-refractivity contribution < 1.29 is 13.5 Å². The minimum Gasteiger partial charge on any atom is -0.396 e. The summed E-state index contributed by atoms with van der Waals surface area (Å²) in [5.74, 6) is 0.538. The Morgan fingerprint density at radius 2 is 1.75 bits per heavy atom. The summed E-state index contributed by atoms with van der Waals surface area (Å²) >= 11 is 0. The van der Waals surface area contributed by atoms with E-state index in [0.29, 0.717) is 12.8 Å². The van der Waals surface area contributed by atoms with Crippen molar-refractivity contribution in [1.29, 1.82) is 0 Å². The zero-order valence-corrected chi connectivity index (χ0v) is 11.1. The summed E-state index contributed by atoms with van der Waals surface area (Å²) in [6, 6.07) is 0. The first-order valence-electron chi connectivity index (χ1n) is 6.35. The molecule has 1 rings (SSSR count). The van der Waals surface area contributed by atoms with Crippen LogP contribution in [0.4, 0.5) is 0 Å². The zero-order valence-electron chi connectivity index (χ0n) is 10.2. The molecule has 1 fully saturated rings. The van der Waals surface area contributed by atoms with Crippen LogP contribution in [0.15, 0.2) is 0 Å². The fourth-order valence-electron chi connectivity index (χ4n) is 2.57. The third-order valence-corrected chi connectivity index (χ3v) is 5.56. The fraction of sp³-hybridized carbons (Fsp3) is 1.00. The molecule has 1 N–H and O–H groups in total. The summed E-state index contributed by atoms with van der Waals surface area (Å²) < 4.78 is 23.3. The minimum absolute atomic E-state index is 0.0982. The van der Waals surface area contributed by atoms with Crippen LogP contribution in [-0.2, 0) is 9.84 Å². The van der Waals surface area contributed by atoms with Gasteiger partial charge >= 0.3 is 0 Å². The molecular weight excluding hydrogens is 224 g/mol. The van der Waals surface area contributed by atoms with E-state index in [-0.39, 0.29) is 23.5 Å². The molecule has 0 aromatic rings. The van der Waals surface area contributed by atoms with Crippen LogP contribution in [0.2, 0.25) is 0 Å². The van der Waals surface area contributed by atoms with Crippen LogP contribution in [0.3, 0.4) is 0 Å². The molecule has 96 valence electrons. The van der Waals surface area contributed by atoms with E-state index in [1.54, 1.807) is 0 Å². The molecule has 0 aliphatic heterocycles. The lowest BCUT2D eigenvalue weighted by Gasteiger charge is -2.35. The van der Waals surface area contributed by atoms with E-state index in [1.165, 1.54) is 6.42 Å². The average molecular weight is 248 g/mol. The number of sulfone groups is 1. The average Bonchev–Trinajstić information content (AvgIpc) is 2.28. The number of hydrogen-bond acceptors (Lipinski definition) is 3. The van der Waals surface area contributed by atoms with Gasteiger partial charge in [-0.15, -0.1) is 0 Å². The normalized spacial score (nSPS) is 20.9. The van der Waals surface area contributed by atoms with E-state index >= 15 is 0 Å². The van der Waals surface area contributed by atoms with Crippen LogP contribution in [0, 0.1) is 5.41 Å². The van der Waals surface area contributed by atoms with Gasteiger partial charge in [0.2, 0.25) is 0 Å². The van der Waals surface area contributed by atoms with E-state index in [1.807, 2.05) is 6.92 Å². The molecule has 0 heterocycles. The van der Waals surface area contributed by atoms with Crippen LogP contribution in [0.1, 0.15) is 51.9 Å². The maximum atomic E-state index is 11.6. The Hall–Kier alpha value is -0.0900. The molecule has 16 heavy (non-hydrogen) atoms. The second kappa shape index (κ2) is 6.01. The standard InChI is InChI=1S/C12H24O3S/c1-2-9-16(14,15)10-8-12(11-13)6-4-3-5-7-12/h13H,2-11H2,1H3. The topological polar surface area (TPSA) is 54.4 Å². The van der Waals surface area contributed by atoms with E-state index < -0.39 is 9.84 Å². The first-order chi connectivity index (χ1) is 7.54. The Bertz CT molecular complexity index is 289. The van der Waals surface area contributed by atoms with Gasteiger partial charge in [-0.25, -0.2) is 8.42 Å². The van der Waals surface area contributed by atoms with Gasteiger partial charge in [-0.1, -0.05) is 26.2 Å². The molecule has 0 amide bonds. The maximum Gasteiger partial charge on any atom is 0.150 e. The molecule has 0 unspecified atom stereocenters. The van der Waals surface area contributed by atoms with Crippen molar-refractivity contribution in [2.24, 2.45) is 5.41 Å². The van der Waals surface area contributed by atoms with Crippen molar-refractivity contribution >= 4 is 9.84 Å². The lowest BCUT2D eigenvalue weighted by molar-refractivity contribution is 0.0791. The van der Waals surface area contributed by atoms with Gasteiger partial charge in [0, 0.05) is 12.4 Å². The third-order valence-electron chi connectivity index (χ3n) is 3.71. The summed E-state index contributed by atoms with van der Waals surface area (Å²) in [7, 11) is -2.89. The Morgan fingerprint density at radius 1 is 1.12 bits per heavy atom. The minimum atomic E-state index is -2.89. The predicted molar refractivity (Wildman–Crippen MR) is 66.2 cm³/mol. The molecule has 0 radical (unpaired) electrons. The molecule has 0 atom stereocenters. The monoisotopic (exact) mass is 248 g/mol. The maximum absolute atomic E-state index is 11.6. The van der Waals surface area contributed by atoms with E-state index in [0.717, 1.165) is 25.7 Å². The highest BCUT2D eigenvalue weighted by Gasteiger charge is 2.32. The van der Waals surface area contributed by atoms with Gasteiger partial charge in [-0.2, -0.15) is 0 Å². The van der Waals surface area contributed by atoms with E-state index in [2.05, 4.69) is 0 Å². The van der Waals surface area contributed by atoms with Crippen molar-refractivity contribution in [2.45, 2.75) is 51.9 Å². The van der Waals surface area contributed by atoms with Crippen LogP contribution >= 0.6 is 0 Å². The molecule has 3 nitrogen and oxygen atoms in total. The molecule has 1 saturated carbocycles. The molecule has 0 bridgehead atoms. The molecule has 0 spiro atoms. The van der Waals surface area contributed by atoms with Gasteiger partial charge in [-0.05, 0) is 31.1 Å². The molecule has 1 aliphatic carbocycles. The lowest BCUT2D eigenvalue weighted by Crippen LogP contribution is -2.31. The Morgan fingerprint density at radius 3 is 2.25 bits per heavy atom. The van der Waals surface area contributed by atoms with Gasteiger partial charge < -0.3 is 5.11 Å². The fourth-order valence-corrected chi connectivity index (χ4v) is 4.14. The largest absolute Gasteiger partial charge is 0.396 e. The number of rotatable bonds is 6. The lowest BCUT2D eigenvalue weighted by atomic mass is 9.73. The van der Waals surface area contributed by atoms with Crippen molar-refractivity contribution in [3.8, 4) is 0 Å². The second-order valence-corrected chi connectivity index (χ2v) is 7.42. The van der Waals surface area contributed by atoms with Gasteiger partial charge in [-0.3, -0.25) is 0 Å². The second-order valence-electron chi connectivity index (χ2n) is 5.12. The number of aliphatic hydroxyl groups excluding tert-OH is 1. The molecule has 4 heteroatoms. The smallest absolute Gasteiger partial charge is 0.150 e. The van der Waals surface area contributed by atoms with Crippen LogP contribution < -0.4 is 0 Å². The van der Waals surface area contributed by atoms with E-state index in [4.69, 9.17) is 0 Å². The first kappa shape index (κ1) is 14.0. The number of hydrogen-bond donors (Lipinski definition) is 1. The SMILES string of the molecule is CCCS(=O)(=O)CCC1(CO)CCCCC1. The van der Waals surface area contributed by atoms with Crippen LogP contribution in [0.25, 0.3) is 0 Å². The molecule has 0 saturated heterocycles.